The van der Waals surface area contributed by atoms with Gasteiger partial charge in [0.25, 0.3) is 0 Å². The summed E-state index contributed by atoms with van der Waals surface area (Å²) in [5.41, 5.74) is -0.235. The van der Waals surface area contributed by atoms with Crippen LogP contribution in [0.15, 0.2) is 41.5 Å². The fourth-order valence-corrected chi connectivity index (χ4v) is 3.85. The van der Waals surface area contributed by atoms with Crippen LogP contribution in [0.5, 0.6) is 0 Å². The number of hydrogen-bond donors (Lipinski definition) is 0. The monoisotopic (exact) mass is 324 g/mol. The van der Waals surface area contributed by atoms with Gasteiger partial charge in [0.15, 0.2) is 0 Å². The number of ether oxygens (including phenoxy) is 3. The van der Waals surface area contributed by atoms with E-state index in [1.807, 2.05) is 6.07 Å². The molecule has 1 aromatic carbocycles. The molecule has 1 heterocycles. The largest absolute Gasteiger partial charge is 0.466 e. The molecule has 0 amide bonds. The molecule has 0 saturated carbocycles. The normalized spacial score (nSPS) is 27.2. The van der Waals surface area contributed by atoms with Crippen LogP contribution in [0.2, 0.25) is 0 Å². The Balaban J connectivity index is 2.36. The summed E-state index contributed by atoms with van der Waals surface area (Å²) in [6, 6.07) is 13.1. The van der Waals surface area contributed by atoms with E-state index < -0.39 is 23.1 Å². The maximum absolute atomic E-state index is 12.5. The first-order valence-corrected chi connectivity index (χ1v) is 7.50. The summed E-state index contributed by atoms with van der Waals surface area (Å²) >= 11 is 0. The van der Waals surface area contributed by atoms with Crippen molar-refractivity contribution < 1.29 is 19.0 Å². The molecule has 0 bridgehead atoms. The Kier molecular flexibility index (Phi) is 3.88. The zero-order chi connectivity index (χ0) is 17.4. The molecule has 3 rings (SSSR count). The van der Waals surface area contributed by atoms with E-state index in [2.05, 4.69) is 12.1 Å². The van der Waals surface area contributed by atoms with E-state index in [4.69, 9.17) is 14.2 Å². The maximum Gasteiger partial charge on any atom is 0.334 e. The second-order valence-electron chi connectivity index (χ2n) is 5.68. The van der Waals surface area contributed by atoms with Crippen molar-refractivity contribution in [3.8, 4) is 12.1 Å². The molecule has 6 nitrogen and oxygen atoms in total. The quantitative estimate of drug-likeness (QED) is 0.790. The molecule has 0 aromatic heterocycles. The molecule has 1 saturated heterocycles. The van der Waals surface area contributed by atoms with Crippen LogP contribution in [0.3, 0.4) is 0 Å². The first-order valence-electron chi connectivity index (χ1n) is 7.50. The minimum Gasteiger partial charge on any atom is -0.466 e. The number of carbonyl (C=O) groups excluding carboxylic acids is 1. The number of hydrogen-bond acceptors (Lipinski definition) is 6. The van der Waals surface area contributed by atoms with E-state index >= 15 is 0 Å². The number of rotatable bonds is 3. The molecule has 122 valence electrons. The van der Waals surface area contributed by atoms with Crippen molar-refractivity contribution in [1.82, 2.24) is 0 Å². The average molecular weight is 324 g/mol. The number of methoxy groups -OCH3 is 2. The third-order valence-corrected chi connectivity index (χ3v) is 4.80. The lowest BCUT2D eigenvalue weighted by Gasteiger charge is -2.36. The van der Waals surface area contributed by atoms with E-state index in [0.29, 0.717) is 17.6 Å². The van der Waals surface area contributed by atoms with E-state index in [-0.39, 0.29) is 12.2 Å². The van der Waals surface area contributed by atoms with Gasteiger partial charge in [0, 0.05) is 12.7 Å². The van der Waals surface area contributed by atoms with Gasteiger partial charge < -0.3 is 14.2 Å². The second kappa shape index (κ2) is 5.76. The van der Waals surface area contributed by atoms with Gasteiger partial charge in [0.1, 0.15) is 0 Å². The number of nitriles is 2. The van der Waals surface area contributed by atoms with E-state index in [1.54, 1.807) is 24.3 Å². The van der Waals surface area contributed by atoms with Crippen molar-refractivity contribution in [2.45, 2.75) is 18.1 Å². The summed E-state index contributed by atoms with van der Waals surface area (Å²) in [6.45, 7) is 0.274. The molecule has 0 N–H and O–H groups in total. The van der Waals surface area contributed by atoms with Crippen molar-refractivity contribution in [3.63, 3.8) is 0 Å². The summed E-state index contributed by atoms with van der Waals surface area (Å²) < 4.78 is 16.3. The fraction of sp³-hybridized carbons (Fsp3) is 0.389. The SMILES string of the molecule is COC(=O)C1=C2CCO[C@]2(OC)C(C#N)(C#N)[C@H]1c1ccccc1. The Bertz CT molecular complexity index is 773. The Morgan fingerprint density at radius 1 is 1.25 bits per heavy atom. The van der Waals surface area contributed by atoms with Crippen molar-refractivity contribution in [3.05, 3.63) is 47.0 Å². The lowest BCUT2D eigenvalue weighted by atomic mass is 9.70. The molecule has 2 atom stereocenters. The third kappa shape index (κ3) is 1.78. The van der Waals surface area contributed by atoms with Crippen LogP contribution in [-0.4, -0.2) is 32.6 Å². The smallest absolute Gasteiger partial charge is 0.334 e. The number of benzene rings is 1. The molecule has 0 radical (unpaired) electrons. The van der Waals surface area contributed by atoms with Gasteiger partial charge >= 0.3 is 5.97 Å². The van der Waals surface area contributed by atoms with Crippen LogP contribution in [0.25, 0.3) is 0 Å². The van der Waals surface area contributed by atoms with Gasteiger partial charge in [-0.1, -0.05) is 30.3 Å². The number of esters is 1. The van der Waals surface area contributed by atoms with Crippen LogP contribution >= 0.6 is 0 Å². The summed E-state index contributed by atoms with van der Waals surface area (Å²) in [6.07, 6.45) is 0.409. The van der Waals surface area contributed by atoms with Crippen LogP contribution in [-0.2, 0) is 19.0 Å². The third-order valence-electron chi connectivity index (χ3n) is 4.80. The van der Waals surface area contributed by atoms with Gasteiger partial charge in [-0.25, -0.2) is 4.79 Å². The molecule has 2 aliphatic rings. The van der Waals surface area contributed by atoms with Gasteiger partial charge in [-0.3, -0.25) is 0 Å². The van der Waals surface area contributed by atoms with E-state index in [0.717, 1.165) is 0 Å². The molecule has 1 aromatic rings. The van der Waals surface area contributed by atoms with Gasteiger partial charge in [0.2, 0.25) is 11.2 Å². The van der Waals surface area contributed by atoms with Crippen molar-refractivity contribution in [2.24, 2.45) is 5.41 Å². The Hall–Kier alpha value is -2.67. The molecule has 1 fully saturated rings. The van der Waals surface area contributed by atoms with E-state index in [1.165, 1.54) is 14.2 Å². The van der Waals surface area contributed by atoms with Gasteiger partial charge in [-0.2, -0.15) is 10.5 Å². The predicted molar refractivity (Wildman–Crippen MR) is 82.2 cm³/mol. The summed E-state index contributed by atoms with van der Waals surface area (Å²) in [4.78, 5) is 12.5. The van der Waals surface area contributed by atoms with Gasteiger partial charge in [-0.15, -0.1) is 0 Å². The molecular formula is C18H16N2O4. The van der Waals surface area contributed by atoms with E-state index in [9.17, 15) is 15.3 Å². The maximum atomic E-state index is 12.5. The van der Waals surface area contributed by atoms with Crippen molar-refractivity contribution in [2.75, 3.05) is 20.8 Å². The molecule has 1 aliphatic carbocycles. The zero-order valence-electron chi connectivity index (χ0n) is 13.4. The van der Waals surface area contributed by atoms with Crippen LogP contribution in [0, 0.1) is 28.1 Å². The van der Waals surface area contributed by atoms with Crippen molar-refractivity contribution in [1.29, 1.82) is 10.5 Å². The highest BCUT2D eigenvalue weighted by atomic mass is 16.7. The Morgan fingerprint density at radius 2 is 1.92 bits per heavy atom. The van der Waals surface area contributed by atoms with Crippen LogP contribution in [0.1, 0.15) is 17.9 Å². The number of carbonyl (C=O) groups is 1. The Labute approximate surface area is 139 Å². The molecule has 1 aliphatic heterocycles. The second-order valence-corrected chi connectivity index (χ2v) is 5.68. The summed E-state index contributed by atoms with van der Waals surface area (Å²) in [5, 5.41) is 19.9. The average Bonchev–Trinajstić information content (AvgIpc) is 3.16. The minimum atomic E-state index is -1.71. The molecule has 24 heavy (non-hydrogen) atoms. The number of nitrogens with zero attached hydrogens (tertiary/aromatic N) is 2. The molecule has 0 spiro atoms. The number of fused-ring (bicyclic) bond motifs is 1. The topological polar surface area (TPSA) is 92.3 Å². The first kappa shape index (κ1) is 16.2. The van der Waals surface area contributed by atoms with Gasteiger partial charge in [0.05, 0.1) is 37.3 Å². The fourth-order valence-electron chi connectivity index (χ4n) is 3.85. The highest BCUT2D eigenvalue weighted by molar-refractivity contribution is 5.94. The van der Waals surface area contributed by atoms with Crippen LogP contribution in [0.4, 0.5) is 0 Å². The molecule has 0 unspecified atom stereocenters. The minimum absolute atomic E-state index is 0.274. The summed E-state index contributed by atoms with van der Waals surface area (Å²) in [5.74, 6) is -2.94. The first-order chi connectivity index (χ1) is 11.6. The standard InChI is InChI=1S/C18H16N2O4/c1-22-16(21)14-13-8-9-24-18(13,23-2)17(10-19,11-20)15(14)12-6-4-3-5-7-12/h3-7,15H,8-9H2,1-2H3/t15-,18-/m0/s1. The lowest BCUT2D eigenvalue weighted by molar-refractivity contribution is -0.208. The highest BCUT2D eigenvalue weighted by Crippen LogP contribution is 2.62. The summed E-state index contributed by atoms with van der Waals surface area (Å²) in [7, 11) is 2.66. The van der Waals surface area contributed by atoms with Gasteiger partial charge in [-0.05, 0) is 12.0 Å². The van der Waals surface area contributed by atoms with Crippen molar-refractivity contribution >= 4 is 5.97 Å². The highest BCUT2D eigenvalue weighted by Gasteiger charge is 2.71. The Morgan fingerprint density at radius 3 is 2.46 bits per heavy atom. The molecular weight excluding hydrogens is 308 g/mol. The van der Waals surface area contributed by atoms with Crippen LogP contribution < -0.4 is 0 Å². The molecule has 6 heteroatoms. The zero-order valence-corrected chi connectivity index (χ0v) is 13.4. The predicted octanol–water partition coefficient (Wildman–Crippen LogP) is 2.05. The lowest BCUT2D eigenvalue weighted by Crippen LogP contribution is -2.48.